The average molecular weight is 275 g/mol. The molecule has 2 unspecified atom stereocenters. The molecule has 1 aromatic rings. The van der Waals surface area contributed by atoms with Crippen molar-refractivity contribution in [2.24, 2.45) is 11.8 Å². The first-order valence-corrected chi connectivity index (χ1v) is 7.51. The fourth-order valence-electron chi connectivity index (χ4n) is 2.86. The Bertz CT molecular complexity index is 453. The number of hydrogen-bond donors (Lipinski definition) is 1. The molecule has 2 atom stereocenters. The standard InChI is InChI=1S/C17H25NO2/c1-12(2)16-8-9-18(11-16)10-14-4-6-15(7-5-14)13(3)17(19)20/h4-7,12-13,16H,8-11H2,1-3H3,(H,19,20). The van der Waals surface area contributed by atoms with Gasteiger partial charge in [-0.05, 0) is 42.9 Å². The SMILES string of the molecule is CC(C(=O)O)c1ccc(CN2CCC(C(C)C)C2)cc1. The zero-order chi connectivity index (χ0) is 14.7. The minimum Gasteiger partial charge on any atom is -0.481 e. The fraction of sp³-hybridized carbons (Fsp3) is 0.588. The number of aliphatic carboxylic acids is 1. The Kier molecular flexibility index (Phi) is 4.81. The lowest BCUT2D eigenvalue weighted by Gasteiger charge is -2.18. The number of benzene rings is 1. The van der Waals surface area contributed by atoms with Crippen LogP contribution in [-0.2, 0) is 11.3 Å². The van der Waals surface area contributed by atoms with Crippen molar-refractivity contribution in [3.63, 3.8) is 0 Å². The van der Waals surface area contributed by atoms with Crippen molar-refractivity contribution in [1.29, 1.82) is 0 Å². The molecule has 0 saturated carbocycles. The molecule has 110 valence electrons. The van der Waals surface area contributed by atoms with E-state index >= 15 is 0 Å². The van der Waals surface area contributed by atoms with Gasteiger partial charge in [0.1, 0.15) is 0 Å². The third-order valence-electron chi connectivity index (χ3n) is 4.51. The van der Waals surface area contributed by atoms with Crippen molar-refractivity contribution in [3.8, 4) is 0 Å². The fourth-order valence-corrected chi connectivity index (χ4v) is 2.86. The maximum absolute atomic E-state index is 11.0. The molecule has 0 bridgehead atoms. The van der Waals surface area contributed by atoms with E-state index in [1.165, 1.54) is 25.1 Å². The van der Waals surface area contributed by atoms with E-state index < -0.39 is 11.9 Å². The normalized spacial score (nSPS) is 21.3. The molecule has 1 aromatic carbocycles. The number of rotatable bonds is 5. The van der Waals surface area contributed by atoms with Crippen LogP contribution < -0.4 is 0 Å². The summed E-state index contributed by atoms with van der Waals surface area (Å²) in [6.07, 6.45) is 1.30. The van der Waals surface area contributed by atoms with Gasteiger partial charge >= 0.3 is 5.97 Å². The highest BCUT2D eigenvalue weighted by Gasteiger charge is 2.24. The largest absolute Gasteiger partial charge is 0.481 e. The molecule has 3 heteroatoms. The van der Waals surface area contributed by atoms with E-state index in [4.69, 9.17) is 5.11 Å². The lowest BCUT2D eigenvalue weighted by atomic mass is 9.95. The van der Waals surface area contributed by atoms with Crippen LogP contribution in [0.4, 0.5) is 0 Å². The summed E-state index contributed by atoms with van der Waals surface area (Å²) in [4.78, 5) is 13.5. The first kappa shape index (κ1) is 15.0. The van der Waals surface area contributed by atoms with Gasteiger partial charge in [-0.1, -0.05) is 38.1 Å². The van der Waals surface area contributed by atoms with Gasteiger partial charge in [0.15, 0.2) is 0 Å². The maximum atomic E-state index is 11.0. The third kappa shape index (κ3) is 3.60. The molecule has 1 fully saturated rings. The number of nitrogens with zero attached hydrogens (tertiary/aromatic N) is 1. The van der Waals surface area contributed by atoms with Gasteiger partial charge in [0.25, 0.3) is 0 Å². The first-order valence-electron chi connectivity index (χ1n) is 7.51. The van der Waals surface area contributed by atoms with Gasteiger partial charge in [0.2, 0.25) is 0 Å². The predicted molar refractivity (Wildman–Crippen MR) is 80.7 cm³/mol. The quantitative estimate of drug-likeness (QED) is 0.896. The molecular weight excluding hydrogens is 250 g/mol. The number of likely N-dealkylation sites (tertiary alicyclic amines) is 1. The topological polar surface area (TPSA) is 40.5 Å². The summed E-state index contributed by atoms with van der Waals surface area (Å²) in [7, 11) is 0. The van der Waals surface area contributed by atoms with Gasteiger partial charge < -0.3 is 5.11 Å². The Labute approximate surface area is 121 Å². The molecule has 0 aliphatic carbocycles. The van der Waals surface area contributed by atoms with Crippen LogP contribution in [0.25, 0.3) is 0 Å². The summed E-state index contributed by atoms with van der Waals surface area (Å²) in [5.74, 6) is 0.387. The second-order valence-corrected chi connectivity index (χ2v) is 6.33. The highest BCUT2D eigenvalue weighted by atomic mass is 16.4. The van der Waals surface area contributed by atoms with Gasteiger partial charge in [0.05, 0.1) is 5.92 Å². The summed E-state index contributed by atoms with van der Waals surface area (Å²) in [6, 6.07) is 8.03. The van der Waals surface area contributed by atoms with Crippen molar-refractivity contribution in [3.05, 3.63) is 35.4 Å². The zero-order valence-corrected chi connectivity index (χ0v) is 12.7. The summed E-state index contributed by atoms with van der Waals surface area (Å²) in [5, 5.41) is 9.01. The van der Waals surface area contributed by atoms with Gasteiger partial charge in [-0.15, -0.1) is 0 Å². The van der Waals surface area contributed by atoms with Gasteiger partial charge in [-0.25, -0.2) is 0 Å². The van der Waals surface area contributed by atoms with E-state index in [9.17, 15) is 4.79 Å². The van der Waals surface area contributed by atoms with Gasteiger partial charge in [0, 0.05) is 13.1 Å². The van der Waals surface area contributed by atoms with Crippen LogP contribution in [0.15, 0.2) is 24.3 Å². The van der Waals surface area contributed by atoms with Crippen molar-refractivity contribution < 1.29 is 9.90 Å². The molecule has 3 nitrogen and oxygen atoms in total. The monoisotopic (exact) mass is 275 g/mol. The van der Waals surface area contributed by atoms with E-state index in [2.05, 4.69) is 30.9 Å². The Morgan fingerprint density at radius 1 is 1.30 bits per heavy atom. The van der Waals surface area contributed by atoms with Crippen LogP contribution in [0.1, 0.15) is 44.2 Å². The summed E-state index contributed by atoms with van der Waals surface area (Å²) >= 11 is 0. The van der Waals surface area contributed by atoms with Crippen molar-refractivity contribution in [1.82, 2.24) is 4.90 Å². The molecule has 1 aliphatic heterocycles. The minimum atomic E-state index is -0.767. The smallest absolute Gasteiger partial charge is 0.310 e. The molecule has 0 spiro atoms. The number of carboxylic acids is 1. The zero-order valence-electron chi connectivity index (χ0n) is 12.7. The van der Waals surface area contributed by atoms with Crippen LogP contribution in [0.3, 0.4) is 0 Å². The summed E-state index contributed by atoms with van der Waals surface area (Å²) in [6.45, 7) is 9.67. The first-order chi connectivity index (χ1) is 9.47. The lowest BCUT2D eigenvalue weighted by molar-refractivity contribution is -0.138. The summed E-state index contributed by atoms with van der Waals surface area (Å²) < 4.78 is 0. The molecule has 20 heavy (non-hydrogen) atoms. The predicted octanol–water partition coefficient (Wildman–Crippen LogP) is 3.35. The minimum absolute atomic E-state index is 0.429. The van der Waals surface area contributed by atoms with Crippen molar-refractivity contribution >= 4 is 5.97 Å². The Morgan fingerprint density at radius 3 is 2.45 bits per heavy atom. The molecule has 2 rings (SSSR count). The lowest BCUT2D eigenvalue weighted by Crippen LogP contribution is -2.21. The molecule has 1 aliphatic rings. The number of carbonyl (C=O) groups is 1. The van der Waals surface area contributed by atoms with Gasteiger partial charge in [-0.3, -0.25) is 9.69 Å². The van der Waals surface area contributed by atoms with Crippen LogP contribution in [0, 0.1) is 11.8 Å². The van der Waals surface area contributed by atoms with Crippen LogP contribution in [-0.4, -0.2) is 29.1 Å². The highest BCUT2D eigenvalue weighted by molar-refractivity contribution is 5.75. The number of carboxylic acid groups (broad SMARTS) is 1. The average Bonchev–Trinajstić information content (AvgIpc) is 2.87. The third-order valence-corrected chi connectivity index (χ3v) is 4.51. The van der Waals surface area contributed by atoms with Crippen molar-refractivity contribution in [2.75, 3.05) is 13.1 Å². The van der Waals surface area contributed by atoms with Gasteiger partial charge in [-0.2, -0.15) is 0 Å². The van der Waals surface area contributed by atoms with E-state index in [1.54, 1.807) is 6.92 Å². The summed E-state index contributed by atoms with van der Waals surface area (Å²) in [5.41, 5.74) is 2.15. The van der Waals surface area contributed by atoms with Crippen LogP contribution in [0.5, 0.6) is 0 Å². The molecule has 1 N–H and O–H groups in total. The Hall–Kier alpha value is -1.35. The van der Waals surface area contributed by atoms with Crippen LogP contribution in [0.2, 0.25) is 0 Å². The molecule has 0 radical (unpaired) electrons. The van der Waals surface area contributed by atoms with E-state index in [-0.39, 0.29) is 0 Å². The molecular formula is C17H25NO2. The Morgan fingerprint density at radius 2 is 1.95 bits per heavy atom. The van der Waals surface area contributed by atoms with E-state index in [1.807, 2.05) is 12.1 Å². The highest BCUT2D eigenvalue weighted by Crippen LogP contribution is 2.25. The van der Waals surface area contributed by atoms with E-state index in [0.29, 0.717) is 0 Å². The Balaban J connectivity index is 1.93. The second-order valence-electron chi connectivity index (χ2n) is 6.33. The van der Waals surface area contributed by atoms with Crippen molar-refractivity contribution in [2.45, 2.75) is 39.7 Å². The molecule has 0 amide bonds. The molecule has 1 saturated heterocycles. The molecule has 1 heterocycles. The molecule has 0 aromatic heterocycles. The maximum Gasteiger partial charge on any atom is 0.310 e. The second kappa shape index (κ2) is 6.40. The van der Waals surface area contributed by atoms with Crippen LogP contribution >= 0.6 is 0 Å². The van der Waals surface area contributed by atoms with E-state index in [0.717, 1.165) is 23.9 Å². The number of hydrogen-bond acceptors (Lipinski definition) is 2.